The van der Waals surface area contributed by atoms with E-state index in [1.165, 1.54) is 12.1 Å². The number of aromatic nitrogens is 2. The lowest BCUT2D eigenvalue weighted by Crippen LogP contribution is -2.11. The molecule has 0 saturated carbocycles. The average molecular weight is 423 g/mol. The van der Waals surface area contributed by atoms with Crippen molar-refractivity contribution in [2.45, 2.75) is 11.3 Å². The molecule has 30 heavy (non-hydrogen) atoms. The van der Waals surface area contributed by atoms with Crippen molar-refractivity contribution in [2.75, 3.05) is 0 Å². The summed E-state index contributed by atoms with van der Waals surface area (Å²) in [6, 6.07) is 17.0. The molecule has 9 heteroatoms. The first-order valence-corrected chi connectivity index (χ1v) is 10.5. The molecule has 8 nitrogen and oxygen atoms in total. The third kappa shape index (κ3) is 3.88. The van der Waals surface area contributed by atoms with Crippen LogP contribution in [0.15, 0.2) is 76.2 Å². The Balaban J connectivity index is 1.79. The summed E-state index contributed by atoms with van der Waals surface area (Å²) in [5.74, 6) is -0.283. The van der Waals surface area contributed by atoms with Gasteiger partial charge in [0.25, 0.3) is 0 Å². The molecule has 0 fully saturated rings. The molecular formula is C21H17N3O5S. The number of carboxylic acids is 1. The van der Waals surface area contributed by atoms with E-state index in [-0.39, 0.29) is 17.0 Å². The lowest BCUT2D eigenvalue weighted by Gasteiger charge is -2.03. The smallest absolute Gasteiger partial charge is 0.352 e. The van der Waals surface area contributed by atoms with Crippen LogP contribution < -0.4 is 5.14 Å². The molecule has 0 saturated heterocycles. The predicted octanol–water partition coefficient (Wildman–Crippen LogP) is 3.27. The zero-order valence-corrected chi connectivity index (χ0v) is 16.4. The van der Waals surface area contributed by atoms with Crippen LogP contribution in [-0.4, -0.2) is 29.5 Å². The number of benzene rings is 2. The van der Waals surface area contributed by atoms with Gasteiger partial charge in [0.1, 0.15) is 11.4 Å². The van der Waals surface area contributed by atoms with Gasteiger partial charge in [-0.05, 0) is 35.9 Å². The summed E-state index contributed by atoms with van der Waals surface area (Å²) < 4.78 is 29.0. The molecule has 4 aromatic rings. The molecular weight excluding hydrogens is 406 g/mol. The van der Waals surface area contributed by atoms with E-state index < -0.39 is 16.0 Å². The van der Waals surface area contributed by atoms with Crippen LogP contribution >= 0.6 is 0 Å². The number of oxazole rings is 1. The number of hydrogen-bond acceptors (Lipinski definition) is 5. The number of nitrogens with zero attached hydrogens (tertiary/aromatic N) is 1. The second-order valence-electron chi connectivity index (χ2n) is 6.58. The first kappa shape index (κ1) is 19.6. The van der Waals surface area contributed by atoms with Crippen LogP contribution in [0.4, 0.5) is 0 Å². The van der Waals surface area contributed by atoms with Crippen LogP contribution in [-0.2, 0) is 16.4 Å². The van der Waals surface area contributed by atoms with Gasteiger partial charge < -0.3 is 14.5 Å². The van der Waals surface area contributed by atoms with Crippen molar-refractivity contribution >= 4 is 16.0 Å². The fourth-order valence-corrected chi connectivity index (χ4v) is 3.65. The molecule has 152 valence electrons. The van der Waals surface area contributed by atoms with Crippen LogP contribution in [0.25, 0.3) is 22.6 Å². The minimum atomic E-state index is -3.81. The molecule has 0 amide bonds. The number of nitrogens with one attached hydrogen (secondary N) is 1. The van der Waals surface area contributed by atoms with Crippen molar-refractivity contribution in [3.63, 3.8) is 0 Å². The first-order valence-electron chi connectivity index (χ1n) is 8.91. The van der Waals surface area contributed by atoms with Gasteiger partial charge in [-0.3, -0.25) is 0 Å². The summed E-state index contributed by atoms with van der Waals surface area (Å²) in [7, 11) is -3.81. The van der Waals surface area contributed by atoms with E-state index in [2.05, 4.69) is 9.97 Å². The lowest BCUT2D eigenvalue weighted by atomic mass is 10.1. The van der Waals surface area contributed by atoms with Crippen LogP contribution in [0.2, 0.25) is 0 Å². The number of hydrogen-bond donors (Lipinski definition) is 3. The quantitative estimate of drug-likeness (QED) is 0.435. The van der Waals surface area contributed by atoms with Crippen molar-refractivity contribution in [3.8, 4) is 22.6 Å². The van der Waals surface area contributed by atoms with Gasteiger partial charge >= 0.3 is 5.97 Å². The lowest BCUT2D eigenvalue weighted by molar-refractivity contribution is 0.0690. The summed E-state index contributed by atoms with van der Waals surface area (Å²) in [6.45, 7) is 0. The number of carboxylic acid groups (broad SMARTS) is 1. The zero-order valence-electron chi connectivity index (χ0n) is 15.6. The highest BCUT2D eigenvalue weighted by atomic mass is 32.2. The SMILES string of the molecule is NS(=O)(=O)c1ccc(-c2oc(Cc3cc[nH]c3C(=O)O)nc2-c2ccccc2)cc1. The highest BCUT2D eigenvalue weighted by molar-refractivity contribution is 7.89. The fourth-order valence-electron chi connectivity index (χ4n) is 3.13. The Morgan fingerprint density at radius 3 is 2.37 bits per heavy atom. The topological polar surface area (TPSA) is 139 Å². The molecule has 2 aromatic carbocycles. The summed E-state index contributed by atoms with van der Waals surface area (Å²) in [4.78, 5) is 18.6. The molecule has 0 bridgehead atoms. The Kier molecular flexibility index (Phi) is 4.98. The van der Waals surface area contributed by atoms with Crippen LogP contribution in [0.1, 0.15) is 21.9 Å². The Morgan fingerprint density at radius 2 is 1.73 bits per heavy atom. The third-order valence-electron chi connectivity index (χ3n) is 4.55. The van der Waals surface area contributed by atoms with Crippen molar-refractivity contribution in [1.82, 2.24) is 9.97 Å². The number of sulfonamides is 1. The highest BCUT2D eigenvalue weighted by Gasteiger charge is 2.20. The minimum Gasteiger partial charge on any atom is -0.477 e. The fraction of sp³-hybridized carbons (Fsp3) is 0.0476. The van der Waals surface area contributed by atoms with E-state index in [1.807, 2.05) is 30.3 Å². The number of aromatic amines is 1. The molecule has 0 aliphatic rings. The zero-order chi connectivity index (χ0) is 21.3. The molecule has 0 spiro atoms. The van der Waals surface area contributed by atoms with Crippen LogP contribution in [0.3, 0.4) is 0 Å². The third-order valence-corrected chi connectivity index (χ3v) is 5.48. The molecule has 0 aliphatic heterocycles. The van der Waals surface area contributed by atoms with E-state index in [1.54, 1.807) is 24.4 Å². The summed E-state index contributed by atoms with van der Waals surface area (Å²) in [6.07, 6.45) is 1.73. The standard InChI is InChI=1S/C21H17N3O5S/c22-30(27,28)16-8-6-14(7-9-16)20-18(13-4-2-1-3-5-13)24-17(29-20)12-15-10-11-23-19(15)21(25)26/h1-11,23H,12H2,(H,25,26)(H2,22,27,28). The molecule has 2 aromatic heterocycles. The maximum atomic E-state index is 11.5. The molecule has 0 unspecified atom stereocenters. The number of carbonyl (C=O) groups is 1. The van der Waals surface area contributed by atoms with Gasteiger partial charge in [-0.1, -0.05) is 30.3 Å². The Labute approximate surface area is 172 Å². The first-order chi connectivity index (χ1) is 14.3. The molecule has 0 atom stereocenters. The average Bonchev–Trinajstić information content (AvgIpc) is 3.36. The molecule has 0 radical (unpaired) electrons. The number of nitrogens with two attached hydrogens (primary N) is 1. The van der Waals surface area contributed by atoms with E-state index in [0.29, 0.717) is 28.5 Å². The van der Waals surface area contributed by atoms with Crippen LogP contribution in [0.5, 0.6) is 0 Å². The van der Waals surface area contributed by atoms with Gasteiger partial charge in [0.15, 0.2) is 11.7 Å². The van der Waals surface area contributed by atoms with Gasteiger partial charge in [-0.15, -0.1) is 0 Å². The summed E-state index contributed by atoms with van der Waals surface area (Å²) >= 11 is 0. The van der Waals surface area contributed by atoms with Gasteiger partial charge in [-0.2, -0.15) is 0 Å². The normalized spacial score (nSPS) is 11.5. The second-order valence-corrected chi connectivity index (χ2v) is 8.14. The monoisotopic (exact) mass is 423 g/mol. The highest BCUT2D eigenvalue weighted by Crippen LogP contribution is 2.34. The van der Waals surface area contributed by atoms with Gasteiger partial charge in [0, 0.05) is 17.3 Å². The number of rotatable bonds is 6. The molecule has 2 heterocycles. The van der Waals surface area contributed by atoms with Gasteiger partial charge in [0.05, 0.1) is 11.3 Å². The Hall–Kier alpha value is -3.69. The molecule has 0 aliphatic carbocycles. The van der Waals surface area contributed by atoms with E-state index >= 15 is 0 Å². The summed E-state index contributed by atoms with van der Waals surface area (Å²) in [5.41, 5.74) is 2.62. The number of H-pyrrole nitrogens is 1. The number of aromatic carboxylic acids is 1. The van der Waals surface area contributed by atoms with E-state index in [9.17, 15) is 18.3 Å². The second kappa shape index (κ2) is 7.62. The molecule has 4 N–H and O–H groups in total. The van der Waals surface area contributed by atoms with E-state index in [4.69, 9.17) is 9.56 Å². The van der Waals surface area contributed by atoms with Gasteiger partial charge in [-0.25, -0.2) is 23.3 Å². The van der Waals surface area contributed by atoms with Crippen molar-refractivity contribution in [1.29, 1.82) is 0 Å². The van der Waals surface area contributed by atoms with Crippen molar-refractivity contribution in [3.05, 3.63) is 84.0 Å². The largest absolute Gasteiger partial charge is 0.477 e. The van der Waals surface area contributed by atoms with Gasteiger partial charge in [0.2, 0.25) is 10.0 Å². The van der Waals surface area contributed by atoms with Crippen molar-refractivity contribution < 1.29 is 22.7 Å². The molecule has 4 rings (SSSR count). The van der Waals surface area contributed by atoms with Crippen LogP contribution in [0, 0.1) is 0 Å². The summed E-state index contributed by atoms with van der Waals surface area (Å²) in [5, 5.41) is 14.5. The maximum absolute atomic E-state index is 11.5. The Morgan fingerprint density at radius 1 is 1.03 bits per heavy atom. The maximum Gasteiger partial charge on any atom is 0.352 e. The Bertz CT molecular complexity index is 1310. The van der Waals surface area contributed by atoms with Crippen molar-refractivity contribution in [2.24, 2.45) is 5.14 Å². The minimum absolute atomic E-state index is 0.00864. The number of primary sulfonamides is 1. The van der Waals surface area contributed by atoms with E-state index in [0.717, 1.165) is 5.56 Å². The predicted molar refractivity (Wildman–Crippen MR) is 109 cm³/mol.